The van der Waals surface area contributed by atoms with Gasteiger partial charge in [-0.15, -0.1) is 0 Å². The molecule has 16 heavy (non-hydrogen) atoms. The number of anilines is 1. The smallest absolute Gasteiger partial charge is 0.139 e. The van der Waals surface area contributed by atoms with Crippen LogP contribution < -0.4 is 9.64 Å². The molecular formula is C13H15NO2. The van der Waals surface area contributed by atoms with Gasteiger partial charge in [0.05, 0.1) is 12.8 Å². The van der Waals surface area contributed by atoms with Crippen LogP contribution in [-0.2, 0) is 0 Å². The van der Waals surface area contributed by atoms with E-state index < -0.39 is 0 Å². The number of methoxy groups -OCH3 is 1. The van der Waals surface area contributed by atoms with Gasteiger partial charge < -0.3 is 14.1 Å². The van der Waals surface area contributed by atoms with Gasteiger partial charge in [-0.2, -0.15) is 0 Å². The van der Waals surface area contributed by atoms with Gasteiger partial charge in [0.2, 0.25) is 0 Å². The van der Waals surface area contributed by atoms with Crippen molar-refractivity contribution in [2.45, 2.75) is 12.8 Å². The quantitative estimate of drug-likeness (QED) is 0.773. The first-order valence-electron chi connectivity index (χ1n) is 5.68. The summed E-state index contributed by atoms with van der Waals surface area (Å²) in [7, 11) is 1.67. The Morgan fingerprint density at radius 3 is 2.81 bits per heavy atom. The molecule has 1 aliphatic rings. The van der Waals surface area contributed by atoms with Gasteiger partial charge in [-0.05, 0) is 25.0 Å². The predicted octanol–water partition coefficient (Wildman–Crippen LogP) is 3.04. The van der Waals surface area contributed by atoms with Crippen LogP contribution in [0.5, 0.6) is 5.75 Å². The summed E-state index contributed by atoms with van der Waals surface area (Å²) in [6.07, 6.45) is 4.42. The van der Waals surface area contributed by atoms with E-state index in [4.69, 9.17) is 9.15 Å². The standard InChI is InChI=1S/C13H15NO2/c1-15-10-4-5-11-12(9-16-13(11)8-10)14-6-2-3-7-14/h4-5,8-9H,2-3,6-7H2,1H3. The van der Waals surface area contributed by atoms with Gasteiger partial charge in [0.15, 0.2) is 0 Å². The van der Waals surface area contributed by atoms with Gasteiger partial charge in [0, 0.05) is 24.5 Å². The molecule has 3 heteroatoms. The van der Waals surface area contributed by atoms with Gasteiger partial charge in [-0.1, -0.05) is 0 Å². The van der Waals surface area contributed by atoms with Gasteiger partial charge >= 0.3 is 0 Å². The van der Waals surface area contributed by atoms with Crippen molar-refractivity contribution in [3.05, 3.63) is 24.5 Å². The summed E-state index contributed by atoms with van der Waals surface area (Å²) in [4.78, 5) is 2.39. The number of nitrogens with zero attached hydrogens (tertiary/aromatic N) is 1. The first-order valence-corrected chi connectivity index (χ1v) is 5.68. The highest BCUT2D eigenvalue weighted by atomic mass is 16.5. The number of benzene rings is 1. The second kappa shape index (κ2) is 3.74. The lowest BCUT2D eigenvalue weighted by Gasteiger charge is -2.14. The largest absolute Gasteiger partial charge is 0.497 e. The molecule has 1 aliphatic heterocycles. The van der Waals surface area contributed by atoms with Crippen LogP contribution in [0.1, 0.15) is 12.8 Å². The normalized spacial score (nSPS) is 15.9. The lowest BCUT2D eigenvalue weighted by atomic mass is 10.2. The third-order valence-corrected chi connectivity index (χ3v) is 3.21. The van der Waals surface area contributed by atoms with Crippen LogP contribution in [0.3, 0.4) is 0 Å². The molecule has 1 aromatic carbocycles. The van der Waals surface area contributed by atoms with Gasteiger partial charge in [-0.25, -0.2) is 0 Å². The van der Waals surface area contributed by atoms with Crippen molar-refractivity contribution in [3.8, 4) is 5.75 Å². The zero-order valence-corrected chi connectivity index (χ0v) is 9.40. The summed E-state index contributed by atoms with van der Waals surface area (Å²) >= 11 is 0. The number of fused-ring (bicyclic) bond motifs is 1. The van der Waals surface area contributed by atoms with Gasteiger partial charge in [-0.3, -0.25) is 0 Å². The van der Waals surface area contributed by atoms with Crippen molar-refractivity contribution >= 4 is 16.7 Å². The Morgan fingerprint density at radius 1 is 1.25 bits per heavy atom. The minimum atomic E-state index is 0.842. The maximum absolute atomic E-state index is 5.58. The number of ether oxygens (including phenoxy) is 1. The fourth-order valence-electron chi connectivity index (χ4n) is 2.32. The van der Waals surface area contributed by atoms with Crippen LogP contribution >= 0.6 is 0 Å². The molecule has 0 saturated carbocycles. The number of hydrogen-bond acceptors (Lipinski definition) is 3. The number of rotatable bonds is 2. The van der Waals surface area contributed by atoms with E-state index in [1.807, 2.05) is 18.4 Å². The molecule has 1 saturated heterocycles. The molecule has 84 valence electrons. The third kappa shape index (κ3) is 1.43. The lowest BCUT2D eigenvalue weighted by Crippen LogP contribution is -2.16. The van der Waals surface area contributed by atoms with Crippen LogP contribution in [-0.4, -0.2) is 20.2 Å². The SMILES string of the molecule is COc1ccc2c(N3CCCC3)coc2c1. The van der Waals surface area contributed by atoms with Gasteiger partial charge in [0.1, 0.15) is 17.6 Å². The average Bonchev–Trinajstić information content (AvgIpc) is 2.96. The molecule has 0 amide bonds. The van der Waals surface area contributed by atoms with E-state index in [0.29, 0.717) is 0 Å². The molecule has 2 heterocycles. The maximum atomic E-state index is 5.58. The first kappa shape index (κ1) is 9.58. The maximum Gasteiger partial charge on any atom is 0.139 e. The summed E-state index contributed by atoms with van der Waals surface area (Å²) in [5.74, 6) is 0.842. The average molecular weight is 217 g/mol. The molecule has 1 fully saturated rings. The lowest BCUT2D eigenvalue weighted by molar-refractivity contribution is 0.414. The van der Waals surface area contributed by atoms with E-state index in [1.165, 1.54) is 23.9 Å². The van der Waals surface area contributed by atoms with Crippen molar-refractivity contribution in [1.29, 1.82) is 0 Å². The van der Waals surface area contributed by atoms with E-state index >= 15 is 0 Å². The molecule has 2 aromatic rings. The van der Waals surface area contributed by atoms with Crippen molar-refractivity contribution in [2.24, 2.45) is 0 Å². The first-order chi connectivity index (χ1) is 7.88. The van der Waals surface area contributed by atoms with Crippen molar-refractivity contribution in [1.82, 2.24) is 0 Å². The minimum Gasteiger partial charge on any atom is -0.497 e. The Balaban J connectivity index is 2.06. The van der Waals surface area contributed by atoms with E-state index in [-0.39, 0.29) is 0 Å². The summed E-state index contributed by atoms with van der Waals surface area (Å²) < 4.78 is 10.8. The molecular weight excluding hydrogens is 202 g/mol. The Hall–Kier alpha value is -1.64. The van der Waals surface area contributed by atoms with E-state index in [2.05, 4.69) is 11.0 Å². The van der Waals surface area contributed by atoms with E-state index in [9.17, 15) is 0 Å². The molecule has 0 atom stereocenters. The molecule has 0 aliphatic carbocycles. The Labute approximate surface area is 94.6 Å². The third-order valence-electron chi connectivity index (χ3n) is 3.21. The van der Waals surface area contributed by atoms with Gasteiger partial charge in [0.25, 0.3) is 0 Å². The Bertz CT molecular complexity index is 498. The number of furan rings is 1. The molecule has 0 N–H and O–H groups in total. The summed E-state index contributed by atoms with van der Waals surface area (Å²) in [5.41, 5.74) is 2.12. The molecule has 1 aromatic heterocycles. The zero-order valence-electron chi connectivity index (χ0n) is 9.40. The topological polar surface area (TPSA) is 25.6 Å². The molecule has 0 bridgehead atoms. The highest BCUT2D eigenvalue weighted by molar-refractivity contribution is 5.92. The minimum absolute atomic E-state index is 0.842. The molecule has 0 radical (unpaired) electrons. The summed E-state index contributed by atoms with van der Waals surface area (Å²) in [5, 5.41) is 1.18. The zero-order chi connectivity index (χ0) is 11.0. The van der Waals surface area contributed by atoms with Crippen molar-refractivity contribution in [3.63, 3.8) is 0 Å². The summed E-state index contributed by atoms with van der Waals surface area (Å²) in [6, 6.07) is 6.00. The predicted molar refractivity (Wildman–Crippen MR) is 64.2 cm³/mol. The van der Waals surface area contributed by atoms with Crippen LogP contribution in [0.15, 0.2) is 28.9 Å². The molecule has 0 unspecified atom stereocenters. The number of hydrogen-bond donors (Lipinski definition) is 0. The highest BCUT2D eigenvalue weighted by Crippen LogP contribution is 2.33. The molecule has 3 rings (SSSR count). The second-order valence-electron chi connectivity index (χ2n) is 4.18. The molecule has 0 spiro atoms. The fourth-order valence-corrected chi connectivity index (χ4v) is 2.32. The van der Waals surface area contributed by atoms with Crippen LogP contribution in [0.2, 0.25) is 0 Å². The fraction of sp³-hybridized carbons (Fsp3) is 0.385. The van der Waals surface area contributed by atoms with Crippen molar-refractivity contribution < 1.29 is 9.15 Å². The second-order valence-corrected chi connectivity index (χ2v) is 4.18. The molecule has 3 nitrogen and oxygen atoms in total. The van der Waals surface area contributed by atoms with Crippen LogP contribution in [0, 0.1) is 0 Å². The Kier molecular flexibility index (Phi) is 2.24. The van der Waals surface area contributed by atoms with Crippen LogP contribution in [0.25, 0.3) is 11.0 Å². The summed E-state index contributed by atoms with van der Waals surface area (Å²) in [6.45, 7) is 2.28. The van der Waals surface area contributed by atoms with E-state index in [1.54, 1.807) is 7.11 Å². The monoisotopic (exact) mass is 217 g/mol. The highest BCUT2D eigenvalue weighted by Gasteiger charge is 2.17. The van der Waals surface area contributed by atoms with Crippen molar-refractivity contribution in [2.75, 3.05) is 25.1 Å². The van der Waals surface area contributed by atoms with Crippen LogP contribution in [0.4, 0.5) is 5.69 Å². The Morgan fingerprint density at radius 2 is 2.06 bits per heavy atom. The van der Waals surface area contributed by atoms with E-state index in [0.717, 1.165) is 24.4 Å².